The van der Waals surface area contributed by atoms with Crippen LogP contribution in [0.15, 0.2) is 35.3 Å². The molecule has 0 aliphatic carbocycles. The predicted molar refractivity (Wildman–Crippen MR) is 135 cm³/mol. The van der Waals surface area contributed by atoms with Crippen LogP contribution in [0.25, 0.3) is 0 Å². The van der Waals surface area contributed by atoms with Gasteiger partial charge in [0, 0.05) is 39.4 Å². The number of carbonyl (C=O) groups excluding carboxylic acids is 1. The van der Waals surface area contributed by atoms with Crippen LogP contribution in [0, 0.1) is 13.8 Å². The van der Waals surface area contributed by atoms with Gasteiger partial charge in [-0.05, 0) is 50.5 Å². The number of hydrogen-bond acceptors (Lipinski definition) is 4. The second-order valence-electron chi connectivity index (χ2n) is 7.41. The molecule has 0 unspecified atom stereocenters. The molecule has 1 aromatic heterocycles. The molecule has 31 heavy (non-hydrogen) atoms. The van der Waals surface area contributed by atoms with E-state index >= 15 is 0 Å². The molecule has 0 bridgehead atoms. The Morgan fingerprint density at radius 1 is 1.16 bits per heavy atom. The average molecular weight is 542 g/mol. The summed E-state index contributed by atoms with van der Waals surface area (Å²) in [6.45, 7) is 6.47. The Kier molecular flexibility index (Phi) is 12.0. The normalized spacial score (nSPS) is 10.9. The largest absolute Gasteiger partial charge is 0.497 e. The quantitative estimate of drug-likeness (QED) is 0.209. The van der Waals surface area contributed by atoms with Crippen LogP contribution < -0.4 is 15.4 Å². The van der Waals surface area contributed by atoms with Gasteiger partial charge in [0.15, 0.2) is 5.96 Å². The van der Waals surface area contributed by atoms with Gasteiger partial charge in [0.2, 0.25) is 5.91 Å². The minimum Gasteiger partial charge on any atom is -0.497 e. The number of amides is 1. The lowest BCUT2D eigenvalue weighted by atomic mass is 10.1. The Morgan fingerprint density at radius 3 is 2.42 bits per heavy atom. The van der Waals surface area contributed by atoms with Crippen molar-refractivity contribution in [2.75, 3.05) is 40.8 Å². The molecule has 1 amide bonds. The maximum atomic E-state index is 11.9. The van der Waals surface area contributed by atoms with Crippen molar-refractivity contribution in [2.24, 2.45) is 4.99 Å². The average Bonchev–Trinajstić information content (AvgIpc) is 3.05. The van der Waals surface area contributed by atoms with Crippen molar-refractivity contribution < 1.29 is 9.53 Å². The molecule has 0 aliphatic rings. The number of aryl methyl sites for hydroxylation is 3. The van der Waals surface area contributed by atoms with E-state index in [4.69, 9.17) is 4.74 Å². The molecule has 0 radical (unpaired) electrons. The first-order valence-electron chi connectivity index (χ1n) is 10.3. The number of halogens is 1. The summed E-state index contributed by atoms with van der Waals surface area (Å²) >= 11 is 0. The number of ether oxygens (including phenoxy) is 1. The molecule has 0 saturated carbocycles. The van der Waals surface area contributed by atoms with Gasteiger partial charge in [-0.3, -0.25) is 9.48 Å². The van der Waals surface area contributed by atoms with Crippen molar-refractivity contribution >= 4 is 35.8 Å². The lowest BCUT2D eigenvalue weighted by Gasteiger charge is -2.14. The summed E-state index contributed by atoms with van der Waals surface area (Å²) in [5, 5.41) is 11.1. The third-order valence-corrected chi connectivity index (χ3v) is 4.68. The zero-order valence-corrected chi connectivity index (χ0v) is 21.5. The van der Waals surface area contributed by atoms with Gasteiger partial charge in [0.05, 0.1) is 12.8 Å². The second-order valence-corrected chi connectivity index (χ2v) is 7.41. The molecule has 0 aliphatic heterocycles. The van der Waals surface area contributed by atoms with Gasteiger partial charge in [-0.25, -0.2) is 4.99 Å². The van der Waals surface area contributed by atoms with Crippen molar-refractivity contribution in [3.63, 3.8) is 0 Å². The highest BCUT2D eigenvalue weighted by molar-refractivity contribution is 14.0. The smallest absolute Gasteiger partial charge is 0.243 e. The molecule has 2 rings (SSSR count). The summed E-state index contributed by atoms with van der Waals surface area (Å²) in [5.74, 6) is 1.46. The van der Waals surface area contributed by atoms with Gasteiger partial charge in [-0.15, -0.1) is 24.0 Å². The first kappa shape index (κ1) is 26.7. The third-order valence-electron chi connectivity index (χ3n) is 4.68. The molecule has 8 nitrogen and oxygen atoms in total. The van der Waals surface area contributed by atoms with Gasteiger partial charge in [0.1, 0.15) is 12.3 Å². The van der Waals surface area contributed by atoms with E-state index in [0.29, 0.717) is 12.5 Å². The first-order chi connectivity index (χ1) is 14.4. The van der Waals surface area contributed by atoms with E-state index in [2.05, 4.69) is 45.8 Å². The second kappa shape index (κ2) is 13.9. The summed E-state index contributed by atoms with van der Waals surface area (Å²) in [6, 6.07) is 10.1. The Morgan fingerprint density at radius 2 is 1.84 bits per heavy atom. The number of nitrogens with one attached hydrogen (secondary N) is 2. The number of carbonyl (C=O) groups is 1. The molecule has 2 N–H and O–H groups in total. The van der Waals surface area contributed by atoms with Gasteiger partial charge in [0.25, 0.3) is 0 Å². The van der Waals surface area contributed by atoms with E-state index in [1.165, 1.54) is 5.56 Å². The topological polar surface area (TPSA) is 83.8 Å². The van der Waals surface area contributed by atoms with Gasteiger partial charge < -0.3 is 20.3 Å². The number of nitrogens with zero attached hydrogens (tertiary/aromatic N) is 4. The Bertz CT molecular complexity index is 833. The van der Waals surface area contributed by atoms with Crippen LogP contribution in [0.2, 0.25) is 0 Å². The Hall–Kier alpha value is -2.30. The highest BCUT2D eigenvalue weighted by atomic mass is 127. The molecule has 172 valence electrons. The number of guanidine groups is 1. The molecular weight excluding hydrogens is 507 g/mol. The number of hydrogen-bond donors (Lipinski definition) is 2. The summed E-state index contributed by atoms with van der Waals surface area (Å²) in [7, 11) is 5.13. The molecule has 0 atom stereocenters. The standard InChI is InChI=1S/C22H34N6O2.HI/c1-17-15-18(2)28(26-17)14-6-12-23-22(25-16-21(29)27(3)4)24-13-11-19-7-9-20(30-5)10-8-19;/h7-10,15H,6,11-14,16H2,1-5H3,(H2,23,24,25);1H. The summed E-state index contributed by atoms with van der Waals surface area (Å²) in [6.07, 6.45) is 1.75. The van der Waals surface area contributed by atoms with Gasteiger partial charge in [-0.1, -0.05) is 12.1 Å². The third kappa shape index (κ3) is 9.58. The van der Waals surface area contributed by atoms with Crippen LogP contribution in [0.4, 0.5) is 0 Å². The number of aromatic nitrogens is 2. The highest BCUT2D eigenvalue weighted by Gasteiger charge is 2.05. The monoisotopic (exact) mass is 542 g/mol. The van der Waals surface area contributed by atoms with E-state index in [9.17, 15) is 4.79 Å². The fourth-order valence-electron chi connectivity index (χ4n) is 2.92. The minimum absolute atomic E-state index is 0. The fraction of sp³-hybridized carbons (Fsp3) is 0.500. The molecule has 1 heterocycles. The summed E-state index contributed by atoms with van der Waals surface area (Å²) in [4.78, 5) is 17.9. The molecule has 1 aromatic carbocycles. The highest BCUT2D eigenvalue weighted by Crippen LogP contribution is 2.11. The van der Waals surface area contributed by atoms with Gasteiger partial charge >= 0.3 is 0 Å². The van der Waals surface area contributed by atoms with Crippen LogP contribution in [0.3, 0.4) is 0 Å². The summed E-state index contributed by atoms with van der Waals surface area (Å²) in [5.41, 5.74) is 3.40. The van der Waals surface area contributed by atoms with Crippen molar-refractivity contribution in [3.8, 4) is 5.75 Å². The van der Waals surface area contributed by atoms with Crippen LogP contribution in [0.5, 0.6) is 5.75 Å². The molecule has 0 spiro atoms. The number of likely N-dealkylation sites (N-methyl/N-ethyl adjacent to an activating group) is 1. The maximum absolute atomic E-state index is 11.9. The maximum Gasteiger partial charge on any atom is 0.243 e. The molecular formula is C22H35IN6O2. The van der Waals surface area contributed by atoms with Crippen molar-refractivity contribution in [3.05, 3.63) is 47.3 Å². The lowest BCUT2D eigenvalue weighted by molar-refractivity contribution is -0.127. The van der Waals surface area contributed by atoms with Crippen LogP contribution in [-0.2, 0) is 17.8 Å². The van der Waals surface area contributed by atoms with Crippen molar-refractivity contribution in [1.29, 1.82) is 0 Å². The number of rotatable bonds is 10. The zero-order chi connectivity index (χ0) is 21.9. The van der Waals surface area contributed by atoms with Gasteiger partial charge in [-0.2, -0.15) is 5.10 Å². The van der Waals surface area contributed by atoms with E-state index in [1.807, 2.05) is 23.7 Å². The SMILES string of the molecule is COc1ccc(CCNC(=NCC(=O)N(C)C)NCCCn2nc(C)cc2C)cc1.I. The van der Waals surface area contributed by atoms with E-state index in [0.717, 1.165) is 43.1 Å². The molecule has 0 saturated heterocycles. The Labute approximate surface area is 202 Å². The fourth-order valence-corrected chi connectivity index (χ4v) is 2.92. The number of aliphatic imine (C=N–C) groups is 1. The van der Waals surface area contributed by atoms with E-state index < -0.39 is 0 Å². The van der Waals surface area contributed by atoms with E-state index in [-0.39, 0.29) is 36.4 Å². The first-order valence-corrected chi connectivity index (χ1v) is 10.3. The lowest BCUT2D eigenvalue weighted by Crippen LogP contribution is -2.40. The zero-order valence-electron chi connectivity index (χ0n) is 19.1. The predicted octanol–water partition coefficient (Wildman–Crippen LogP) is 2.38. The van der Waals surface area contributed by atoms with Crippen LogP contribution in [0.1, 0.15) is 23.4 Å². The minimum atomic E-state index is -0.0334. The van der Waals surface area contributed by atoms with Crippen molar-refractivity contribution in [1.82, 2.24) is 25.3 Å². The molecule has 0 fully saturated rings. The molecule has 9 heteroatoms. The van der Waals surface area contributed by atoms with Crippen molar-refractivity contribution in [2.45, 2.75) is 33.2 Å². The molecule has 2 aromatic rings. The number of benzene rings is 1. The van der Waals surface area contributed by atoms with Crippen LogP contribution >= 0.6 is 24.0 Å². The summed E-state index contributed by atoms with van der Waals surface area (Å²) < 4.78 is 7.21. The Balaban J connectivity index is 0.00000480. The van der Waals surface area contributed by atoms with Crippen LogP contribution in [-0.4, -0.2) is 67.4 Å². The van der Waals surface area contributed by atoms with E-state index in [1.54, 1.807) is 26.1 Å². The number of methoxy groups -OCH3 is 1.